The summed E-state index contributed by atoms with van der Waals surface area (Å²) in [6.45, 7) is 11.0. The topological polar surface area (TPSA) is 85.2 Å². The van der Waals surface area contributed by atoms with Gasteiger partial charge in [0.2, 0.25) is 0 Å². The predicted octanol–water partition coefficient (Wildman–Crippen LogP) is 6.00. The van der Waals surface area contributed by atoms with Crippen LogP contribution < -0.4 is 10.0 Å². The maximum atomic E-state index is 14.5. The first kappa shape index (κ1) is 23.7. The zero-order valence-electron chi connectivity index (χ0n) is 18.1. The van der Waals surface area contributed by atoms with E-state index in [1.807, 2.05) is 27.7 Å². The van der Waals surface area contributed by atoms with Crippen molar-refractivity contribution in [1.29, 1.82) is 5.26 Å². The van der Waals surface area contributed by atoms with Crippen LogP contribution in [0.1, 0.15) is 75.6 Å². The molecule has 2 rings (SSSR count). The van der Waals surface area contributed by atoms with Crippen LogP contribution in [0.4, 0.5) is 14.9 Å². The standard InChI is InChI=1S/C23H28FN3O2S/c1-13(2)18-7-8-19(24)20(14(3)4)21(18)26-22(28)27-30-17-10-15(12-25)9-16(11-17)23(5,6)29/h7-11,13-14,29H,1-6H3,(H2,26,27,28). The average molecular weight is 430 g/mol. The third kappa shape index (κ3) is 5.74. The van der Waals surface area contributed by atoms with Gasteiger partial charge < -0.3 is 10.4 Å². The number of anilines is 1. The summed E-state index contributed by atoms with van der Waals surface area (Å²) in [5.41, 5.74) is 1.65. The van der Waals surface area contributed by atoms with E-state index in [9.17, 15) is 19.6 Å². The second kappa shape index (κ2) is 9.50. The molecule has 5 nitrogen and oxygen atoms in total. The Labute approximate surface area is 181 Å². The van der Waals surface area contributed by atoms with Crippen LogP contribution >= 0.6 is 11.9 Å². The summed E-state index contributed by atoms with van der Waals surface area (Å²) in [5, 5.41) is 22.3. The number of aliphatic hydroxyl groups is 1. The molecule has 160 valence electrons. The summed E-state index contributed by atoms with van der Waals surface area (Å²) in [5.74, 6) is -0.352. The number of nitrogens with zero attached hydrogens (tertiary/aromatic N) is 1. The van der Waals surface area contributed by atoms with Crippen molar-refractivity contribution in [3.05, 3.63) is 58.4 Å². The van der Waals surface area contributed by atoms with Gasteiger partial charge in [0, 0.05) is 10.5 Å². The van der Waals surface area contributed by atoms with Crippen LogP contribution in [0.3, 0.4) is 0 Å². The van der Waals surface area contributed by atoms with Crippen LogP contribution in [0.5, 0.6) is 0 Å². The minimum atomic E-state index is -1.12. The van der Waals surface area contributed by atoms with Crippen LogP contribution in [-0.4, -0.2) is 11.1 Å². The van der Waals surface area contributed by atoms with Gasteiger partial charge in [-0.3, -0.25) is 4.72 Å². The Balaban J connectivity index is 2.26. The van der Waals surface area contributed by atoms with Crippen molar-refractivity contribution in [2.45, 2.75) is 63.9 Å². The molecule has 0 saturated carbocycles. The highest BCUT2D eigenvalue weighted by atomic mass is 32.2. The molecule has 0 heterocycles. The Morgan fingerprint density at radius 3 is 2.37 bits per heavy atom. The van der Waals surface area contributed by atoms with E-state index >= 15 is 0 Å². The van der Waals surface area contributed by atoms with Gasteiger partial charge in [0.15, 0.2) is 0 Å². The summed E-state index contributed by atoms with van der Waals surface area (Å²) in [6.07, 6.45) is 0. The number of urea groups is 1. The van der Waals surface area contributed by atoms with Crippen LogP contribution in [0, 0.1) is 17.1 Å². The SMILES string of the molecule is CC(C)c1ccc(F)c(C(C)C)c1NC(=O)NSc1cc(C#N)cc(C(C)(C)O)c1. The number of rotatable bonds is 6. The van der Waals surface area contributed by atoms with Crippen molar-refractivity contribution in [2.24, 2.45) is 0 Å². The average Bonchev–Trinajstić information content (AvgIpc) is 2.65. The summed E-state index contributed by atoms with van der Waals surface area (Å²) < 4.78 is 17.1. The number of benzene rings is 2. The lowest BCUT2D eigenvalue weighted by molar-refractivity contribution is 0.0783. The number of nitriles is 1. The molecule has 0 aliphatic rings. The van der Waals surface area contributed by atoms with Gasteiger partial charge in [0.25, 0.3) is 0 Å². The predicted molar refractivity (Wildman–Crippen MR) is 119 cm³/mol. The second-order valence-corrected chi connectivity index (χ2v) is 9.19. The van der Waals surface area contributed by atoms with Crippen molar-refractivity contribution in [2.75, 3.05) is 5.32 Å². The van der Waals surface area contributed by atoms with E-state index in [2.05, 4.69) is 16.1 Å². The van der Waals surface area contributed by atoms with Crippen molar-refractivity contribution >= 4 is 23.7 Å². The van der Waals surface area contributed by atoms with Gasteiger partial charge in [0.1, 0.15) is 5.82 Å². The molecular formula is C23H28FN3O2S. The van der Waals surface area contributed by atoms with E-state index in [1.54, 1.807) is 38.1 Å². The van der Waals surface area contributed by atoms with Gasteiger partial charge in [-0.05, 0) is 73.0 Å². The fourth-order valence-corrected chi connectivity index (χ4v) is 3.75. The van der Waals surface area contributed by atoms with E-state index in [0.717, 1.165) is 17.5 Å². The molecule has 0 unspecified atom stereocenters. The molecule has 0 radical (unpaired) electrons. The maximum Gasteiger partial charge on any atom is 0.329 e. The molecule has 2 aromatic rings. The number of halogens is 1. The second-order valence-electron chi connectivity index (χ2n) is 8.31. The number of carbonyl (C=O) groups is 1. The lowest BCUT2D eigenvalue weighted by atomic mass is 9.92. The van der Waals surface area contributed by atoms with Gasteiger partial charge in [-0.25, -0.2) is 9.18 Å². The van der Waals surface area contributed by atoms with Crippen LogP contribution in [-0.2, 0) is 5.60 Å². The molecule has 0 bridgehead atoms. The molecule has 30 heavy (non-hydrogen) atoms. The van der Waals surface area contributed by atoms with Crippen LogP contribution in [0.25, 0.3) is 0 Å². The number of hydrogen-bond acceptors (Lipinski definition) is 4. The number of hydrogen-bond donors (Lipinski definition) is 3. The summed E-state index contributed by atoms with van der Waals surface area (Å²) >= 11 is 1.02. The highest BCUT2D eigenvalue weighted by molar-refractivity contribution is 7.98. The molecule has 0 saturated heterocycles. The van der Waals surface area contributed by atoms with E-state index in [-0.39, 0.29) is 17.7 Å². The quantitative estimate of drug-likeness (QED) is 0.492. The van der Waals surface area contributed by atoms with Gasteiger partial charge in [-0.2, -0.15) is 5.26 Å². The highest BCUT2D eigenvalue weighted by Crippen LogP contribution is 2.34. The van der Waals surface area contributed by atoms with E-state index in [1.165, 1.54) is 6.07 Å². The molecule has 7 heteroatoms. The lowest BCUT2D eigenvalue weighted by Gasteiger charge is -2.21. The van der Waals surface area contributed by atoms with Crippen LogP contribution in [0.2, 0.25) is 0 Å². The molecule has 3 N–H and O–H groups in total. The van der Waals surface area contributed by atoms with Gasteiger partial charge in [0.05, 0.1) is 22.9 Å². The fraction of sp³-hybridized carbons (Fsp3) is 0.391. The summed E-state index contributed by atoms with van der Waals surface area (Å²) in [6, 6.07) is 9.65. The number of amides is 2. The summed E-state index contributed by atoms with van der Waals surface area (Å²) in [4.78, 5) is 13.2. The van der Waals surface area contributed by atoms with E-state index in [4.69, 9.17) is 0 Å². The van der Waals surface area contributed by atoms with Gasteiger partial charge >= 0.3 is 6.03 Å². The molecule has 2 aromatic carbocycles. The third-order valence-corrected chi connectivity index (χ3v) is 5.42. The molecule has 0 aliphatic carbocycles. The highest BCUT2D eigenvalue weighted by Gasteiger charge is 2.21. The van der Waals surface area contributed by atoms with Gasteiger partial charge in [-0.15, -0.1) is 0 Å². The Morgan fingerprint density at radius 1 is 1.17 bits per heavy atom. The third-order valence-electron chi connectivity index (χ3n) is 4.67. The zero-order chi connectivity index (χ0) is 22.6. The monoisotopic (exact) mass is 429 g/mol. The largest absolute Gasteiger partial charge is 0.386 e. The summed E-state index contributed by atoms with van der Waals surface area (Å²) in [7, 11) is 0. The molecule has 0 aliphatic heterocycles. The lowest BCUT2D eigenvalue weighted by Crippen LogP contribution is -2.25. The Hall–Kier alpha value is -2.56. The first-order valence-corrected chi connectivity index (χ1v) is 10.6. The smallest absolute Gasteiger partial charge is 0.329 e. The normalized spacial score (nSPS) is 11.5. The van der Waals surface area contributed by atoms with Crippen molar-refractivity contribution in [3.8, 4) is 6.07 Å². The van der Waals surface area contributed by atoms with Gasteiger partial charge in [-0.1, -0.05) is 33.8 Å². The Bertz CT molecular complexity index is 976. The van der Waals surface area contributed by atoms with Crippen LogP contribution in [0.15, 0.2) is 35.2 Å². The Kier molecular flexibility index (Phi) is 7.51. The molecule has 0 fully saturated rings. The first-order chi connectivity index (χ1) is 13.9. The fourth-order valence-electron chi connectivity index (χ4n) is 3.12. The number of nitrogens with one attached hydrogen (secondary N) is 2. The maximum absolute atomic E-state index is 14.5. The molecule has 2 amide bonds. The molecule has 0 spiro atoms. The minimum absolute atomic E-state index is 0.103. The Morgan fingerprint density at radius 2 is 1.83 bits per heavy atom. The van der Waals surface area contributed by atoms with Crippen molar-refractivity contribution < 1.29 is 14.3 Å². The van der Waals surface area contributed by atoms with Crippen molar-refractivity contribution in [1.82, 2.24) is 4.72 Å². The first-order valence-electron chi connectivity index (χ1n) is 9.78. The molecular weight excluding hydrogens is 401 g/mol. The molecule has 0 aromatic heterocycles. The van der Waals surface area contributed by atoms with E-state index in [0.29, 0.717) is 27.3 Å². The minimum Gasteiger partial charge on any atom is -0.386 e. The van der Waals surface area contributed by atoms with Crippen molar-refractivity contribution in [3.63, 3.8) is 0 Å². The number of carbonyl (C=O) groups excluding carboxylic acids is 1. The van der Waals surface area contributed by atoms with E-state index < -0.39 is 11.6 Å². The molecule has 0 atom stereocenters. The zero-order valence-corrected chi connectivity index (χ0v) is 18.9.